The Morgan fingerprint density at radius 1 is 1.22 bits per heavy atom. The van der Waals surface area contributed by atoms with E-state index in [4.69, 9.17) is 0 Å². The highest BCUT2D eigenvalue weighted by Crippen LogP contribution is 2.28. The van der Waals surface area contributed by atoms with Crippen molar-refractivity contribution in [2.24, 2.45) is 0 Å². The number of rotatable bonds is 5. The maximum Gasteiger partial charge on any atom is 0.123 e. The minimum Gasteiger partial charge on any atom is -0.369 e. The van der Waals surface area contributed by atoms with Gasteiger partial charge in [-0.15, -0.1) is 11.3 Å². The van der Waals surface area contributed by atoms with E-state index in [1.165, 1.54) is 4.88 Å². The molecule has 0 amide bonds. The summed E-state index contributed by atoms with van der Waals surface area (Å²) < 4.78 is 13.8. The van der Waals surface area contributed by atoms with E-state index in [9.17, 15) is 4.39 Å². The lowest BCUT2D eigenvalue weighted by atomic mass is 10.0. The number of anilines is 1. The van der Waals surface area contributed by atoms with Gasteiger partial charge in [0.2, 0.25) is 0 Å². The van der Waals surface area contributed by atoms with Crippen molar-refractivity contribution in [2.45, 2.75) is 19.5 Å². The summed E-state index contributed by atoms with van der Waals surface area (Å²) in [4.78, 5) is 6.00. The summed E-state index contributed by atoms with van der Waals surface area (Å²) in [5, 5.41) is 5.61. The van der Waals surface area contributed by atoms with Crippen molar-refractivity contribution in [2.75, 3.05) is 38.1 Å². The van der Waals surface area contributed by atoms with Crippen LogP contribution in [0.5, 0.6) is 0 Å². The number of hydrogen-bond acceptors (Lipinski definition) is 4. The molecule has 5 heteroatoms. The van der Waals surface area contributed by atoms with Crippen LogP contribution in [0.2, 0.25) is 0 Å². The van der Waals surface area contributed by atoms with Gasteiger partial charge in [0.25, 0.3) is 0 Å². The zero-order chi connectivity index (χ0) is 16.2. The van der Waals surface area contributed by atoms with Crippen molar-refractivity contribution in [1.82, 2.24) is 10.2 Å². The van der Waals surface area contributed by atoms with Crippen molar-refractivity contribution < 1.29 is 4.39 Å². The number of hydrogen-bond donors (Lipinski definition) is 1. The van der Waals surface area contributed by atoms with Crippen LogP contribution in [0.4, 0.5) is 10.1 Å². The fourth-order valence-electron chi connectivity index (χ4n) is 2.98. The molecule has 124 valence electrons. The maximum atomic E-state index is 13.8. The van der Waals surface area contributed by atoms with Crippen molar-refractivity contribution in [1.29, 1.82) is 0 Å². The molecule has 3 rings (SSSR count). The molecular formula is C18H24FN3S. The molecule has 2 heterocycles. The molecule has 1 aliphatic heterocycles. The van der Waals surface area contributed by atoms with E-state index < -0.39 is 0 Å². The summed E-state index contributed by atoms with van der Waals surface area (Å²) in [5.74, 6) is -0.164. The molecule has 3 nitrogen and oxygen atoms in total. The van der Waals surface area contributed by atoms with Gasteiger partial charge in [-0.2, -0.15) is 0 Å². The van der Waals surface area contributed by atoms with Gasteiger partial charge < -0.3 is 15.1 Å². The highest BCUT2D eigenvalue weighted by molar-refractivity contribution is 7.09. The average molecular weight is 333 g/mol. The van der Waals surface area contributed by atoms with Crippen LogP contribution < -0.4 is 10.2 Å². The zero-order valence-electron chi connectivity index (χ0n) is 13.8. The number of nitrogens with one attached hydrogen (secondary N) is 1. The molecule has 0 aliphatic carbocycles. The van der Waals surface area contributed by atoms with Crippen molar-refractivity contribution >= 4 is 17.0 Å². The van der Waals surface area contributed by atoms with Gasteiger partial charge in [-0.3, -0.25) is 0 Å². The Morgan fingerprint density at radius 2 is 2.00 bits per heavy atom. The smallest absolute Gasteiger partial charge is 0.123 e. The van der Waals surface area contributed by atoms with Gasteiger partial charge in [0.05, 0.1) is 0 Å². The van der Waals surface area contributed by atoms with E-state index in [1.807, 2.05) is 6.07 Å². The largest absolute Gasteiger partial charge is 0.369 e. The number of likely N-dealkylation sites (N-methyl/N-ethyl adjacent to an activating group) is 1. The van der Waals surface area contributed by atoms with E-state index in [0.29, 0.717) is 0 Å². The summed E-state index contributed by atoms with van der Waals surface area (Å²) in [6.07, 6.45) is 0. The van der Waals surface area contributed by atoms with Crippen molar-refractivity contribution in [3.8, 4) is 0 Å². The van der Waals surface area contributed by atoms with Crippen LogP contribution in [0.25, 0.3) is 0 Å². The van der Waals surface area contributed by atoms with Crippen LogP contribution in [0.1, 0.15) is 23.4 Å². The van der Waals surface area contributed by atoms with Crippen LogP contribution in [0, 0.1) is 5.82 Å². The molecule has 1 saturated heterocycles. The highest BCUT2D eigenvalue weighted by Gasteiger charge is 2.20. The molecule has 0 spiro atoms. The predicted molar refractivity (Wildman–Crippen MR) is 95.7 cm³/mol. The van der Waals surface area contributed by atoms with Gasteiger partial charge in [-0.25, -0.2) is 4.39 Å². The molecule has 23 heavy (non-hydrogen) atoms. The molecule has 0 saturated carbocycles. The molecule has 1 fully saturated rings. The molecule has 0 unspecified atom stereocenters. The Hall–Kier alpha value is -1.43. The summed E-state index contributed by atoms with van der Waals surface area (Å²) >= 11 is 1.74. The molecular weight excluding hydrogens is 309 g/mol. The first-order valence-electron chi connectivity index (χ1n) is 8.12. The maximum absolute atomic E-state index is 13.8. The number of thiophene rings is 1. The lowest BCUT2D eigenvalue weighted by Crippen LogP contribution is -2.45. The van der Waals surface area contributed by atoms with Crippen molar-refractivity contribution in [3.05, 3.63) is 52.0 Å². The molecule has 2 aromatic rings. The second-order valence-electron chi connectivity index (χ2n) is 6.18. The Kier molecular flexibility index (Phi) is 5.30. The Balaban J connectivity index is 1.75. The first kappa shape index (κ1) is 16.4. The fraction of sp³-hybridized carbons (Fsp3) is 0.444. The summed E-state index contributed by atoms with van der Waals surface area (Å²) in [5.41, 5.74) is 2.21. The quantitative estimate of drug-likeness (QED) is 0.904. The Morgan fingerprint density at radius 3 is 2.70 bits per heavy atom. The summed E-state index contributed by atoms with van der Waals surface area (Å²) in [7, 11) is 2.15. The number of halogens is 1. The molecule has 1 atom stereocenters. The molecule has 1 aromatic heterocycles. The molecule has 0 radical (unpaired) electrons. The Labute approximate surface area is 141 Å². The Bertz CT molecular complexity index is 621. The molecule has 1 aromatic carbocycles. The predicted octanol–water partition coefficient (Wildman–Crippen LogP) is 3.49. The lowest BCUT2D eigenvalue weighted by molar-refractivity contribution is 0.312. The third kappa shape index (κ3) is 4.10. The standard InChI is InChI=1S/C18H24FN3S/c1-14(20-13-16-4-3-11-23-16)17-12-15(19)5-6-18(17)22-9-7-21(2)8-10-22/h3-6,11-12,14,20H,7-10,13H2,1-2H3/t14-/m1/s1. The average Bonchev–Trinajstić information content (AvgIpc) is 3.07. The van der Waals surface area contributed by atoms with Crippen LogP contribution in [-0.2, 0) is 6.54 Å². The third-order valence-electron chi connectivity index (χ3n) is 4.46. The van der Waals surface area contributed by atoms with Gasteiger partial charge in [-0.05, 0) is 49.2 Å². The zero-order valence-corrected chi connectivity index (χ0v) is 14.6. The second kappa shape index (κ2) is 7.43. The first-order chi connectivity index (χ1) is 11.1. The van der Waals surface area contributed by atoms with Gasteiger partial charge in [-0.1, -0.05) is 6.07 Å². The van der Waals surface area contributed by atoms with Gasteiger partial charge in [0.15, 0.2) is 0 Å². The summed E-state index contributed by atoms with van der Waals surface area (Å²) in [6, 6.07) is 9.48. The normalized spacial score (nSPS) is 17.4. The SMILES string of the molecule is C[C@@H](NCc1cccs1)c1cc(F)ccc1N1CCN(C)CC1. The van der Waals surface area contributed by atoms with Gasteiger partial charge in [0.1, 0.15) is 5.82 Å². The summed E-state index contributed by atoms with van der Waals surface area (Å²) in [6.45, 7) is 7.01. The number of piperazine rings is 1. The first-order valence-corrected chi connectivity index (χ1v) is 9.00. The lowest BCUT2D eigenvalue weighted by Gasteiger charge is -2.36. The number of nitrogens with zero attached hydrogens (tertiary/aromatic N) is 2. The fourth-order valence-corrected chi connectivity index (χ4v) is 3.64. The third-order valence-corrected chi connectivity index (χ3v) is 5.34. The van der Waals surface area contributed by atoms with E-state index in [2.05, 4.69) is 46.6 Å². The van der Waals surface area contributed by atoms with Crippen molar-refractivity contribution in [3.63, 3.8) is 0 Å². The van der Waals surface area contributed by atoms with E-state index >= 15 is 0 Å². The van der Waals surface area contributed by atoms with Gasteiger partial charge in [0, 0.05) is 49.3 Å². The van der Waals surface area contributed by atoms with Gasteiger partial charge >= 0.3 is 0 Å². The monoisotopic (exact) mass is 333 g/mol. The molecule has 1 aliphatic rings. The van der Waals surface area contributed by atoms with E-state index in [0.717, 1.165) is 44.0 Å². The van der Waals surface area contributed by atoms with E-state index in [-0.39, 0.29) is 11.9 Å². The second-order valence-corrected chi connectivity index (χ2v) is 7.21. The van der Waals surface area contributed by atoms with Crippen LogP contribution in [0.15, 0.2) is 35.7 Å². The molecule has 1 N–H and O–H groups in total. The highest BCUT2D eigenvalue weighted by atomic mass is 32.1. The van der Waals surface area contributed by atoms with E-state index in [1.54, 1.807) is 23.5 Å². The van der Waals surface area contributed by atoms with Crippen LogP contribution in [0.3, 0.4) is 0 Å². The molecule has 0 bridgehead atoms. The topological polar surface area (TPSA) is 18.5 Å². The minimum absolute atomic E-state index is 0.113. The van der Waals surface area contributed by atoms with Crippen LogP contribution >= 0.6 is 11.3 Å². The van der Waals surface area contributed by atoms with Crippen LogP contribution in [-0.4, -0.2) is 38.1 Å². The minimum atomic E-state index is -0.164. The number of benzene rings is 1.